The van der Waals surface area contributed by atoms with Crippen LogP contribution in [0.5, 0.6) is 0 Å². The van der Waals surface area contributed by atoms with E-state index < -0.39 is 5.54 Å². The van der Waals surface area contributed by atoms with Gasteiger partial charge in [0.25, 0.3) is 0 Å². The highest BCUT2D eigenvalue weighted by Crippen LogP contribution is 2.09. The van der Waals surface area contributed by atoms with Crippen LogP contribution in [0.4, 0.5) is 0 Å². The van der Waals surface area contributed by atoms with Crippen molar-refractivity contribution in [2.24, 2.45) is 5.73 Å². The van der Waals surface area contributed by atoms with Crippen molar-refractivity contribution in [3.63, 3.8) is 0 Å². The maximum absolute atomic E-state index is 8.80. The summed E-state index contributed by atoms with van der Waals surface area (Å²) in [5.74, 6) is 0. The second kappa shape index (κ2) is 6.19. The monoisotopic (exact) mass is 224 g/mol. The Morgan fingerprint density at radius 1 is 1.25 bits per heavy atom. The quantitative estimate of drug-likeness (QED) is 0.745. The lowest BCUT2D eigenvalue weighted by Gasteiger charge is -2.34. The Kier molecular flexibility index (Phi) is 5.20. The molecule has 0 saturated carbocycles. The molecule has 0 amide bonds. The summed E-state index contributed by atoms with van der Waals surface area (Å²) in [5, 5.41) is 8.80. The van der Waals surface area contributed by atoms with Crippen molar-refractivity contribution in [3.05, 3.63) is 0 Å². The van der Waals surface area contributed by atoms with E-state index in [0.717, 1.165) is 39.0 Å². The first-order valence-corrected chi connectivity index (χ1v) is 6.22. The number of hydrogen-bond acceptors (Lipinski definition) is 4. The maximum atomic E-state index is 8.80. The molecule has 1 rings (SSSR count). The standard InChI is InChI=1S/C12H24N4/c1-3-15-7-9-16(10-8-15)6-4-5-12(2,14)11-13/h3-10,14H2,1-2H3. The van der Waals surface area contributed by atoms with Gasteiger partial charge in [-0.05, 0) is 32.9 Å². The van der Waals surface area contributed by atoms with E-state index in [1.54, 1.807) is 0 Å². The molecule has 0 aromatic carbocycles. The van der Waals surface area contributed by atoms with Gasteiger partial charge < -0.3 is 15.5 Å². The number of likely N-dealkylation sites (N-methyl/N-ethyl adjacent to an activating group) is 1. The molecular formula is C12H24N4. The first-order chi connectivity index (χ1) is 7.57. The van der Waals surface area contributed by atoms with Crippen LogP contribution in [0.2, 0.25) is 0 Å². The fourth-order valence-corrected chi connectivity index (χ4v) is 2.05. The van der Waals surface area contributed by atoms with Crippen molar-refractivity contribution in [2.75, 3.05) is 39.3 Å². The maximum Gasteiger partial charge on any atom is 0.101 e. The molecule has 4 nitrogen and oxygen atoms in total. The van der Waals surface area contributed by atoms with E-state index in [0.29, 0.717) is 0 Å². The molecule has 1 aliphatic heterocycles. The van der Waals surface area contributed by atoms with Crippen LogP contribution >= 0.6 is 0 Å². The molecule has 1 atom stereocenters. The summed E-state index contributed by atoms with van der Waals surface area (Å²) < 4.78 is 0. The van der Waals surface area contributed by atoms with Crippen LogP contribution in [0.25, 0.3) is 0 Å². The van der Waals surface area contributed by atoms with E-state index in [1.165, 1.54) is 13.1 Å². The summed E-state index contributed by atoms with van der Waals surface area (Å²) in [7, 11) is 0. The number of nitrogens with zero attached hydrogens (tertiary/aromatic N) is 3. The second-order valence-corrected chi connectivity index (χ2v) is 4.91. The molecule has 0 aromatic rings. The number of hydrogen-bond donors (Lipinski definition) is 1. The number of nitriles is 1. The normalized spacial score (nSPS) is 22.6. The first-order valence-electron chi connectivity index (χ1n) is 6.22. The topological polar surface area (TPSA) is 56.3 Å². The Balaban J connectivity index is 2.14. The Morgan fingerprint density at radius 2 is 1.81 bits per heavy atom. The smallest absolute Gasteiger partial charge is 0.101 e. The molecule has 1 heterocycles. The molecule has 2 N–H and O–H groups in total. The highest BCUT2D eigenvalue weighted by atomic mass is 15.3. The van der Waals surface area contributed by atoms with Gasteiger partial charge in [0.1, 0.15) is 5.54 Å². The van der Waals surface area contributed by atoms with E-state index in [1.807, 2.05) is 6.92 Å². The second-order valence-electron chi connectivity index (χ2n) is 4.91. The van der Waals surface area contributed by atoms with Gasteiger partial charge >= 0.3 is 0 Å². The molecule has 4 heteroatoms. The minimum absolute atomic E-state index is 0.648. The largest absolute Gasteiger partial charge is 0.314 e. The van der Waals surface area contributed by atoms with Gasteiger partial charge in [0.15, 0.2) is 0 Å². The molecule has 1 unspecified atom stereocenters. The van der Waals surface area contributed by atoms with Crippen molar-refractivity contribution in [3.8, 4) is 6.07 Å². The zero-order valence-corrected chi connectivity index (χ0v) is 10.6. The summed E-state index contributed by atoms with van der Waals surface area (Å²) in [5.41, 5.74) is 5.14. The van der Waals surface area contributed by atoms with Gasteiger partial charge in [-0.2, -0.15) is 5.26 Å². The minimum Gasteiger partial charge on any atom is -0.314 e. The van der Waals surface area contributed by atoms with Crippen LogP contribution in [0.3, 0.4) is 0 Å². The van der Waals surface area contributed by atoms with Crippen LogP contribution in [0.1, 0.15) is 26.7 Å². The predicted molar refractivity (Wildman–Crippen MR) is 66.0 cm³/mol. The Hall–Kier alpha value is -0.630. The summed E-state index contributed by atoms with van der Waals surface area (Å²) in [4.78, 5) is 4.94. The zero-order chi connectivity index (χ0) is 12.0. The van der Waals surface area contributed by atoms with Crippen molar-refractivity contribution in [2.45, 2.75) is 32.2 Å². The Morgan fingerprint density at radius 3 is 2.31 bits per heavy atom. The van der Waals surface area contributed by atoms with Crippen molar-refractivity contribution < 1.29 is 0 Å². The molecule has 1 saturated heterocycles. The predicted octanol–water partition coefficient (Wildman–Crippen LogP) is 0.645. The molecule has 0 aromatic heterocycles. The van der Waals surface area contributed by atoms with Crippen molar-refractivity contribution in [1.29, 1.82) is 5.26 Å². The molecular weight excluding hydrogens is 200 g/mol. The lowest BCUT2D eigenvalue weighted by atomic mass is 9.99. The summed E-state index contributed by atoms with van der Waals surface area (Å²) >= 11 is 0. The van der Waals surface area contributed by atoms with Gasteiger partial charge in [-0.3, -0.25) is 0 Å². The average molecular weight is 224 g/mol. The SMILES string of the molecule is CCN1CCN(CCCC(C)(N)C#N)CC1. The fourth-order valence-electron chi connectivity index (χ4n) is 2.05. The molecule has 16 heavy (non-hydrogen) atoms. The van der Waals surface area contributed by atoms with Crippen LogP contribution < -0.4 is 5.73 Å². The van der Waals surface area contributed by atoms with E-state index in [4.69, 9.17) is 11.0 Å². The van der Waals surface area contributed by atoms with Gasteiger partial charge in [0.05, 0.1) is 6.07 Å². The van der Waals surface area contributed by atoms with Gasteiger partial charge in [0, 0.05) is 26.2 Å². The van der Waals surface area contributed by atoms with Gasteiger partial charge in [-0.1, -0.05) is 6.92 Å². The van der Waals surface area contributed by atoms with Gasteiger partial charge in [0.2, 0.25) is 0 Å². The lowest BCUT2D eigenvalue weighted by Crippen LogP contribution is -2.46. The highest BCUT2D eigenvalue weighted by Gasteiger charge is 2.19. The molecule has 1 fully saturated rings. The zero-order valence-electron chi connectivity index (χ0n) is 10.6. The third kappa shape index (κ3) is 4.48. The van der Waals surface area contributed by atoms with Crippen molar-refractivity contribution >= 4 is 0 Å². The fraction of sp³-hybridized carbons (Fsp3) is 0.917. The van der Waals surface area contributed by atoms with E-state index >= 15 is 0 Å². The average Bonchev–Trinajstić information content (AvgIpc) is 2.30. The van der Waals surface area contributed by atoms with Crippen LogP contribution in [-0.4, -0.2) is 54.6 Å². The molecule has 0 radical (unpaired) electrons. The molecule has 92 valence electrons. The lowest BCUT2D eigenvalue weighted by molar-refractivity contribution is 0.134. The van der Waals surface area contributed by atoms with E-state index in [2.05, 4.69) is 22.8 Å². The molecule has 1 aliphatic rings. The third-order valence-corrected chi connectivity index (χ3v) is 3.34. The molecule has 0 spiro atoms. The third-order valence-electron chi connectivity index (χ3n) is 3.34. The number of rotatable bonds is 5. The van der Waals surface area contributed by atoms with Crippen molar-refractivity contribution in [1.82, 2.24) is 9.80 Å². The Labute approximate surface area is 99.0 Å². The van der Waals surface area contributed by atoms with Gasteiger partial charge in [-0.25, -0.2) is 0 Å². The van der Waals surface area contributed by atoms with Crippen LogP contribution in [-0.2, 0) is 0 Å². The highest BCUT2D eigenvalue weighted by molar-refractivity contribution is 5.00. The van der Waals surface area contributed by atoms with Gasteiger partial charge in [-0.15, -0.1) is 0 Å². The van der Waals surface area contributed by atoms with E-state index in [-0.39, 0.29) is 0 Å². The number of nitrogens with two attached hydrogens (primary N) is 1. The number of piperazine rings is 1. The summed E-state index contributed by atoms with van der Waals surface area (Å²) in [6, 6.07) is 2.15. The molecule has 0 bridgehead atoms. The minimum atomic E-state index is -0.648. The first kappa shape index (κ1) is 13.4. The summed E-state index contributed by atoms with van der Waals surface area (Å²) in [6.07, 6.45) is 1.81. The molecule has 0 aliphatic carbocycles. The van der Waals surface area contributed by atoms with Crippen LogP contribution in [0.15, 0.2) is 0 Å². The Bertz CT molecular complexity index is 236. The van der Waals surface area contributed by atoms with Crippen LogP contribution in [0, 0.1) is 11.3 Å². The summed E-state index contributed by atoms with van der Waals surface area (Å²) in [6.45, 7) is 10.9. The van der Waals surface area contributed by atoms with E-state index in [9.17, 15) is 0 Å².